The van der Waals surface area contributed by atoms with Gasteiger partial charge in [0.15, 0.2) is 0 Å². The van der Waals surface area contributed by atoms with Crippen molar-refractivity contribution >= 4 is 28.9 Å². The number of halogens is 1. The van der Waals surface area contributed by atoms with Gasteiger partial charge in [-0.25, -0.2) is 4.98 Å². The van der Waals surface area contributed by atoms with Crippen LogP contribution in [0.1, 0.15) is 10.4 Å². The van der Waals surface area contributed by atoms with Gasteiger partial charge in [-0.1, -0.05) is 17.7 Å². The Bertz CT molecular complexity index is 706. The fourth-order valence-electron chi connectivity index (χ4n) is 1.67. The summed E-state index contributed by atoms with van der Waals surface area (Å²) < 4.78 is 5.01. The molecule has 0 fully saturated rings. The van der Waals surface area contributed by atoms with E-state index in [0.29, 0.717) is 5.69 Å². The smallest absolute Gasteiger partial charge is 0.288 e. The summed E-state index contributed by atoms with van der Waals surface area (Å²) in [4.78, 5) is 26.3. The first kappa shape index (κ1) is 14.7. The molecule has 0 saturated heterocycles. The second-order valence-corrected chi connectivity index (χ2v) is 4.29. The first-order valence-corrected chi connectivity index (χ1v) is 6.15. The molecule has 0 spiro atoms. The van der Waals surface area contributed by atoms with Crippen molar-refractivity contribution < 1.29 is 14.5 Å². The Balaban J connectivity index is 2.33. The van der Waals surface area contributed by atoms with E-state index in [1.165, 1.54) is 31.5 Å². The summed E-state index contributed by atoms with van der Waals surface area (Å²) in [5, 5.41) is 13.1. The van der Waals surface area contributed by atoms with Crippen LogP contribution in [-0.4, -0.2) is 22.9 Å². The third-order valence-electron chi connectivity index (χ3n) is 2.63. The molecule has 1 aromatic carbocycles. The maximum Gasteiger partial charge on any atom is 0.288 e. The summed E-state index contributed by atoms with van der Waals surface area (Å²) in [6.07, 6.45) is 1.51. The number of benzene rings is 1. The Kier molecular flexibility index (Phi) is 4.34. The Morgan fingerprint density at radius 1 is 1.38 bits per heavy atom. The van der Waals surface area contributed by atoms with Crippen molar-refractivity contribution in [3.05, 3.63) is 57.2 Å². The van der Waals surface area contributed by atoms with Gasteiger partial charge in [-0.2, -0.15) is 0 Å². The number of carbonyl (C=O) groups excluding carboxylic acids is 1. The summed E-state index contributed by atoms with van der Waals surface area (Å²) in [5.74, 6) is -0.359. The van der Waals surface area contributed by atoms with Gasteiger partial charge in [-0.15, -0.1) is 0 Å². The van der Waals surface area contributed by atoms with Crippen LogP contribution in [0.5, 0.6) is 5.88 Å². The van der Waals surface area contributed by atoms with Crippen molar-refractivity contribution in [3.8, 4) is 5.88 Å². The number of nitrogens with zero attached hydrogens (tertiary/aromatic N) is 2. The minimum absolute atomic E-state index is 0.00299. The van der Waals surface area contributed by atoms with Crippen LogP contribution in [0.4, 0.5) is 11.4 Å². The lowest BCUT2D eigenvalue weighted by Crippen LogP contribution is -2.14. The second kappa shape index (κ2) is 6.19. The number of anilines is 1. The summed E-state index contributed by atoms with van der Waals surface area (Å²) in [5.41, 5.74) is 0.00631. The number of nitro groups is 1. The van der Waals surface area contributed by atoms with Crippen LogP contribution < -0.4 is 10.1 Å². The zero-order valence-electron chi connectivity index (χ0n) is 10.9. The third kappa shape index (κ3) is 3.09. The van der Waals surface area contributed by atoms with Gasteiger partial charge in [0.25, 0.3) is 11.6 Å². The molecule has 108 valence electrons. The van der Waals surface area contributed by atoms with Gasteiger partial charge in [0.05, 0.1) is 17.6 Å². The van der Waals surface area contributed by atoms with Gasteiger partial charge in [0.1, 0.15) is 10.7 Å². The number of aromatic nitrogens is 1. The van der Waals surface area contributed by atoms with E-state index >= 15 is 0 Å². The minimum Gasteiger partial charge on any atom is -0.480 e. The molecule has 2 rings (SSSR count). The number of ether oxygens (including phenoxy) is 1. The molecular weight excluding hydrogens is 298 g/mol. The van der Waals surface area contributed by atoms with E-state index in [0.717, 1.165) is 0 Å². The molecule has 0 aliphatic heterocycles. The lowest BCUT2D eigenvalue weighted by atomic mass is 10.2. The van der Waals surface area contributed by atoms with Gasteiger partial charge < -0.3 is 10.1 Å². The predicted molar refractivity (Wildman–Crippen MR) is 76.8 cm³/mol. The maximum absolute atomic E-state index is 12.2. The van der Waals surface area contributed by atoms with Crippen molar-refractivity contribution in [3.63, 3.8) is 0 Å². The fourth-order valence-corrected chi connectivity index (χ4v) is 1.96. The number of carbonyl (C=O) groups is 1. The number of nitrogens with one attached hydrogen (secondary N) is 1. The lowest BCUT2D eigenvalue weighted by molar-refractivity contribution is -0.384. The molecule has 7 nitrogen and oxygen atoms in total. The van der Waals surface area contributed by atoms with Crippen LogP contribution in [0, 0.1) is 10.1 Å². The summed E-state index contributed by atoms with van der Waals surface area (Å²) in [6.45, 7) is 0. The zero-order valence-corrected chi connectivity index (χ0v) is 11.6. The highest BCUT2D eigenvalue weighted by Gasteiger charge is 2.20. The maximum atomic E-state index is 12.2. The Labute approximate surface area is 124 Å². The van der Waals surface area contributed by atoms with Crippen LogP contribution in [0.2, 0.25) is 5.02 Å². The molecule has 0 atom stereocenters. The van der Waals surface area contributed by atoms with Crippen molar-refractivity contribution in [1.29, 1.82) is 0 Å². The highest BCUT2D eigenvalue weighted by molar-refractivity contribution is 6.36. The normalized spacial score (nSPS) is 10.0. The van der Waals surface area contributed by atoms with Crippen LogP contribution in [-0.2, 0) is 0 Å². The highest BCUT2D eigenvalue weighted by Crippen LogP contribution is 2.29. The van der Waals surface area contributed by atoms with Crippen LogP contribution in [0.25, 0.3) is 0 Å². The summed E-state index contributed by atoms with van der Waals surface area (Å²) >= 11 is 5.89. The number of pyridine rings is 1. The molecule has 1 aromatic heterocycles. The number of nitro benzene ring substituents is 1. The van der Waals surface area contributed by atoms with Gasteiger partial charge >= 0.3 is 0 Å². The topological polar surface area (TPSA) is 94.4 Å². The Morgan fingerprint density at radius 3 is 2.81 bits per heavy atom. The Morgan fingerprint density at radius 2 is 2.14 bits per heavy atom. The molecule has 0 bridgehead atoms. The molecule has 0 aliphatic carbocycles. The molecule has 0 saturated carbocycles. The molecule has 21 heavy (non-hydrogen) atoms. The molecule has 1 N–H and O–H groups in total. The van der Waals surface area contributed by atoms with Gasteiger partial charge in [0.2, 0.25) is 5.88 Å². The number of hydrogen-bond donors (Lipinski definition) is 1. The van der Waals surface area contributed by atoms with Gasteiger partial charge in [0, 0.05) is 12.3 Å². The van der Waals surface area contributed by atoms with E-state index in [1.807, 2.05) is 0 Å². The first-order chi connectivity index (χ1) is 10.0. The third-order valence-corrected chi connectivity index (χ3v) is 3.03. The van der Waals surface area contributed by atoms with Crippen LogP contribution in [0.3, 0.4) is 0 Å². The number of amides is 1. The highest BCUT2D eigenvalue weighted by atomic mass is 35.5. The van der Waals surface area contributed by atoms with Crippen molar-refractivity contribution in [2.24, 2.45) is 0 Å². The summed E-state index contributed by atoms with van der Waals surface area (Å²) in [6, 6.07) is 7.22. The SMILES string of the molecule is COc1ncccc1NC(=O)c1cccc([N+](=O)[O-])c1Cl. The quantitative estimate of drug-likeness (QED) is 0.692. The van der Waals surface area contributed by atoms with Gasteiger partial charge in [-0.05, 0) is 18.2 Å². The molecular formula is C13H10ClN3O4. The zero-order chi connectivity index (χ0) is 15.4. The fraction of sp³-hybridized carbons (Fsp3) is 0.0769. The number of methoxy groups -OCH3 is 1. The van der Waals surface area contributed by atoms with Crippen molar-refractivity contribution in [2.75, 3.05) is 12.4 Å². The first-order valence-electron chi connectivity index (χ1n) is 5.78. The molecule has 1 amide bonds. The Hall–Kier alpha value is -2.67. The van der Waals surface area contributed by atoms with Crippen LogP contribution in [0.15, 0.2) is 36.5 Å². The molecule has 1 heterocycles. The monoisotopic (exact) mass is 307 g/mol. The molecule has 8 heteroatoms. The van der Waals surface area contributed by atoms with Crippen molar-refractivity contribution in [2.45, 2.75) is 0 Å². The number of hydrogen-bond acceptors (Lipinski definition) is 5. The molecule has 0 unspecified atom stereocenters. The number of rotatable bonds is 4. The lowest BCUT2D eigenvalue weighted by Gasteiger charge is -2.09. The van der Waals surface area contributed by atoms with E-state index in [-0.39, 0.29) is 22.2 Å². The molecule has 2 aromatic rings. The van der Waals surface area contributed by atoms with Crippen LogP contribution >= 0.6 is 11.6 Å². The largest absolute Gasteiger partial charge is 0.480 e. The summed E-state index contributed by atoms with van der Waals surface area (Å²) in [7, 11) is 1.42. The second-order valence-electron chi connectivity index (χ2n) is 3.91. The van der Waals surface area contributed by atoms with E-state index in [4.69, 9.17) is 16.3 Å². The standard InChI is InChI=1S/C13H10ClN3O4/c1-21-13-9(5-3-7-15-13)16-12(18)8-4-2-6-10(11(8)14)17(19)20/h2-7H,1H3,(H,16,18). The van der Waals surface area contributed by atoms with Gasteiger partial charge in [-0.3, -0.25) is 14.9 Å². The van der Waals surface area contributed by atoms with E-state index < -0.39 is 10.8 Å². The average Bonchev–Trinajstić information content (AvgIpc) is 2.47. The molecule has 0 radical (unpaired) electrons. The van der Waals surface area contributed by atoms with E-state index in [9.17, 15) is 14.9 Å². The van der Waals surface area contributed by atoms with Crippen molar-refractivity contribution in [1.82, 2.24) is 4.98 Å². The van der Waals surface area contributed by atoms with E-state index in [1.54, 1.807) is 12.1 Å². The predicted octanol–water partition coefficient (Wildman–Crippen LogP) is 2.90. The minimum atomic E-state index is -0.649. The average molecular weight is 308 g/mol. The molecule has 0 aliphatic rings. The van der Waals surface area contributed by atoms with E-state index in [2.05, 4.69) is 10.3 Å².